The Morgan fingerprint density at radius 1 is 1.14 bits per heavy atom. The number of nitrogens with one attached hydrogen (secondary N) is 1. The van der Waals surface area contributed by atoms with Crippen LogP contribution >= 0.6 is 0 Å². The van der Waals surface area contributed by atoms with Crippen LogP contribution in [-0.2, 0) is 4.79 Å². The molecule has 5 rings (SSSR count). The minimum atomic E-state index is 0.0810. The van der Waals surface area contributed by atoms with E-state index in [-0.39, 0.29) is 11.8 Å². The van der Waals surface area contributed by atoms with Crippen molar-refractivity contribution in [3.05, 3.63) is 53.7 Å². The van der Waals surface area contributed by atoms with E-state index in [0.717, 1.165) is 73.1 Å². The van der Waals surface area contributed by atoms with Gasteiger partial charge >= 0.3 is 0 Å². The normalized spacial score (nSPS) is 16.9. The van der Waals surface area contributed by atoms with Gasteiger partial charge in [0.15, 0.2) is 5.65 Å². The van der Waals surface area contributed by atoms with Gasteiger partial charge < -0.3 is 15.0 Å². The zero-order valence-corrected chi connectivity index (χ0v) is 20.8. The molecule has 1 aliphatic carbocycles. The van der Waals surface area contributed by atoms with Crippen LogP contribution < -0.4 is 15.0 Å². The molecular weight excluding hydrogens is 438 g/mol. The number of aryl methyl sites for hydroxylation is 1. The van der Waals surface area contributed by atoms with Crippen molar-refractivity contribution >= 4 is 17.4 Å². The maximum Gasteiger partial charge on any atom is 0.223 e. The van der Waals surface area contributed by atoms with Crippen molar-refractivity contribution in [1.29, 1.82) is 0 Å². The Balaban J connectivity index is 1.24. The van der Waals surface area contributed by atoms with Gasteiger partial charge in [0.25, 0.3) is 0 Å². The molecule has 1 amide bonds. The molecule has 1 saturated heterocycles. The van der Waals surface area contributed by atoms with E-state index in [2.05, 4.69) is 22.4 Å². The van der Waals surface area contributed by atoms with Crippen molar-refractivity contribution < 1.29 is 9.53 Å². The molecule has 1 aromatic carbocycles. The minimum Gasteiger partial charge on any atom is -0.497 e. The number of anilines is 1. The van der Waals surface area contributed by atoms with Gasteiger partial charge in [0.05, 0.1) is 12.8 Å². The van der Waals surface area contributed by atoms with Gasteiger partial charge in [-0.15, -0.1) is 0 Å². The fourth-order valence-electron chi connectivity index (χ4n) is 5.20. The van der Waals surface area contributed by atoms with E-state index in [1.54, 1.807) is 7.11 Å². The Labute approximate surface area is 207 Å². The van der Waals surface area contributed by atoms with Crippen molar-refractivity contribution in [1.82, 2.24) is 19.9 Å². The Kier molecular flexibility index (Phi) is 7.02. The Morgan fingerprint density at radius 2 is 1.94 bits per heavy atom. The molecule has 1 N–H and O–H groups in total. The number of methoxy groups -OCH3 is 1. The molecule has 1 fully saturated rings. The maximum atomic E-state index is 12.8. The molecule has 184 valence electrons. The summed E-state index contributed by atoms with van der Waals surface area (Å²) in [6, 6.07) is 12.0. The van der Waals surface area contributed by atoms with Crippen molar-refractivity contribution in [2.24, 2.45) is 5.92 Å². The van der Waals surface area contributed by atoms with Crippen LogP contribution in [0.1, 0.15) is 50.6 Å². The molecule has 1 aliphatic heterocycles. The molecule has 0 atom stereocenters. The highest BCUT2D eigenvalue weighted by atomic mass is 16.5. The van der Waals surface area contributed by atoms with Crippen LogP contribution in [0.2, 0.25) is 0 Å². The predicted molar refractivity (Wildman–Crippen MR) is 139 cm³/mol. The summed E-state index contributed by atoms with van der Waals surface area (Å²) >= 11 is 0. The third-order valence-electron chi connectivity index (χ3n) is 7.24. The molecule has 0 spiro atoms. The first-order chi connectivity index (χ1) is 17.1. The van der Waals surface area contributed by atoms with E-state index >= 15 is 0 Å². The zero-order valence-electron chi connectivity index (χ0n) is 20.8. The number of aromatic nitrogens is 3. The lowest BCUT2D eigenvalue weighted by atomic mass is 9.95. The number of piperidine rings is 1. The van der Waals surface area contributed by atoms with E-state index < -0.39 is 0 Å². The Hall–Kier alpha value is -3.35. The van der Waals surface area contributed by atoms with Gasteiger partial charge in [-0.25, -0.2) is 4.98 Å². The van der Waals surface area contributed by atoms with E-state index in [1.807, 2.05) is 41.8 Å². The third-order valence-corrected chi connectivity index (χ3v) is 7.24. The summed E-state index contributed by atoms with van der Waals surface area (Å²) in [6.45, 7) is 4.45. The molecule has 2 aromatic heterocycles. The molecule has 0 radical (unpaired) electrons. The number of allylic oxidation sites excluding steroid dienone is 1. The minimum absolute atomic E-state index is 0.0810. The van der Waals surface area contributed by atoms with Gasteiger partial charge in [0.1, 0.15) is 11.6 Å². The lowest BCUT2D eigenvalue weighted by Crippen LogP contribution is -2.41. The molecule has 0 saturated carbocycles. The van der Waals surface area contributed by atoms with Crippen molar-refractivity contribution in [3.8, 4) is 17.0 Å². The monoisotopic (exact) mass is 473 g/mol. The van der Waals surface area contributed by atoms with Gasteiger partial charge in [0.2, 0.25) is 5.91 Å². The number of carbonyl (C=O) groups is 1. The number of amides is 1. The largest absolute Gasteiger partial charge is 0.497 e. The third kappa shape index (κ3) is 5.34. The standard InChI is InChI=1S/C28H35N5O2/c1-20-18-27(33-26(30-20)19-25(31-33)22-8-10-24(35-2)11-9-22)32-16-13-23(14-17-32)28(34)29-15-12-21-6-4-3-5-7-21/h6,8-11,18-19,23H,3-5,7,12-17H2,1-2H3,(H,29,34). The van der Waals surface area contributed by atoms with Gasteiger partial charge in [-0.3, -0.25) is 4.79 Å². The number of nitrogens with zero attached hydrogens (tertiary/aromatic N) is 4. The second kappa shape index (κ2) is 10.5. The predicted octanol–water partition coefficient (Wildman–Crippen LogP) is 4.94. The Bertz CT molecular complexity index is 1210. The summed E-state index contributed by atoms with van der Waals surface area (Å²) in [4.78, 5) is 19.8. The summed E-state index contributed by atoms with van der Waals surface area (Å²) in [5.74, 6) is 2.15. The average molecular weight is 474 g/mol. The average Bonchev–Trinajstić information content (AvgIpc) is 3.33. The number of hydrogen-bond donors (Lipinski definition) is 1. The number of fused-ring (bicyclic) bond motifs is 1. The van der Waals surface area contributed by atoms with Gasteiger partial charge in [-0.2, -0.15) is 9.61 Å². The van der Waals surface area contributed by atoms with Gasteiger partial charge in [-0.1, -0.05) is 11.6 Å². The van der Waals surface area contributed by atoms with Crippen LogP contribution in [0.15, 0.2) is 48.0 Å². The molecule has 7 heteroatoms. The SMILES string of the molecule is COc1ccc(-c2cc3nc(C)cc(N4CCC(C(=O)NCCC5=CCCCC5)CC4)n3n2)cc1. The van der Waals surface area contributed by atoms with Gasteiger partial charge in [-0.05, 0) is 76.1 Å². The van der Waals surface area contributed by atoms with Crippen LogP contribution in [0.5, 0.6) is 5.75 Å². The number of ether oxygens (including phenoxy) is 1. The molecule has 2 aliphatic rings. The van der Waals surface area contributed by atoms with Gasteiger partial charge in [0, 0.05) is 48.9 Å². The van der Waals surface area contributed by atoms with E-state index in [0.29, 0.717) is 0 Å². The lowest BCUT2D eigenvalue weighted by Gasteiger charge is -2.33. The fourth-order valence-corrected chi connectivity index (χ4v) is 5.20. The van der Waals surface area contributed by atoms with Crippen molar-refractivity contribution in [2.75, 3.05) is 31.6 Å². The van der Waals surface area contributed by atoms with Crippen LogP contribution in [0.3, 0.4) is 0 Å². The summed E-state index contributed by atoms with van der Waals surface area (Å²) < 4.78 is 7.21. The fraction of sp³-hybridized carbons (Fsp3) is 0.464. The lowest BCUT2D eigenvalue weighted by molar-refractivity contribution is -0.125. The molecular formula is C28H35N5O2. The number of benzene rings is 1. The first kappa shape index (κ1) is 23.4. The second-order valence-electron chi connectivity index (χ2n) is 9.69. The second-order valence-corrected chi connectivity index (χ2v) is 9.69. The molecule has 0 bridgehead atoms. The van der Waals surface area contributed by atoms with Crippen LogP contribution in [0.25, 0.3) is 16.9 Å². The first-order valence-corrected chi connectivity index (χ1v) is 12.8. The summed E-state index contributed by atoms with van der Waals surface area (Å²) in [5, 5.41) is 8.07. The quantitative estimate of drug-likeness (QED) is 0.492. The van der Waals surface area contributed by atoms with Crippen molar-refractivity contribution in [2.45, 2.75) is 51.9 Å². The smallest absolute Gasteiger partial charge is 0.223 e. The van der Waals surface area contributed by atoms with E-state index in [9.17, 15) is 4.79 Å². The molecule has 7 nitrogen and oxygen atoms in total. The Morgan fingerprint density at radius 3 is 2.66 bits per heavy atom. The molecule has 35 heavy (non-hydrogen) atoms. The number of hydrogen-bond acceptors (Lipinski definition) is 5. The van der Waals surface area contributed by atoms with Crippen molar-refractivity contribution in [3.63, 3.8) is 0 Å². The van der Waals surface area contributed by atoms with Crippen LogP contribution in [0, 0.1) is 12.8 Å². The zero-order chi connectivity index (χ0) is 24.2. The summed E-state index contributed by atoms with van der Waals surface area (Å²) in [7, 11) is 1.67. The summed E-state index contributed by atoms with van der Waals surface area (Å²) in [5.41, 5.74) is 5.22. The summed E-state index contributed by atoms with van der Waals surface area (Å²) in [6.07, 6.45) is 10.0. The topological polar surface area (TPSA) is 71.8 Å². The highest BCUT2D eigenvalue weighted by molar-refractivity contribution is 5.79. The highest BCUT2D eigenvalue weighted by Gasteiger charge is 2.26. The maximum absolute atomic E-state index is 12.8. The van der Waals surface area contributed by atoms with Crippen LogP contribution in [-0.4, -0.2) is 47.2 Å². The van der Waals surface area contributed by atoms with E-state index in [1.165, 1.54) is 31.3 Å². The molecule has 3 heterocycles. The van der Waals surface area contributed by atoms with E-state index in [4.69, 9.17) is 14.8 Å². The molecule has 0 unspecified atom stereocenters. The molecule has 3 aromatic rings. The van der Waals surface area contributed by atoms with Crippen LogP contribution in [0.4, 0.5) is 5.82 Å². The first-order valence-electron chi connectivity index (χ1n) is 12.8. The highest BCUT2D eigenvalue weighted by Crippen LogP contribution is 2.28. The number of rotatable bonds is 7. The number of carbonyl (C=O) groups excluding carboxylic acids is 1.